The number of aliphatic imine (C=N–C) groups is 2. The Balaban J connectivity index is 2.16. The molecule has 0 saturated carbocycles. The summed E-state index contributed by atoms with van der Waals surface area (Å²) in [7, 11) is 3.18. The first kappa shape index (κ1) is 21.1. The summed E-state index contributed by atoms with van der Waals surface area (Å²) in [4.78, 5) is 8.77. The molecule has 1 aliphatic heterocycles. The lowest BCUT2D eigenvalue weighted by Crippen LogP contribution is -2.43. The fourth-order valence-electron chi connectivity index (χ4n) is 4.21. The van der Waals surface area contributed by atoms with E-state index in [1.807, 2.05) is 48.5 Å². The molecule has 1 aliphatic carbocycles. The number of hydrogen-bond donors (Lipinski definition) is 2. The molecule has 6 nitrogen and oxygen atoms in total. The quantitative estimate of drug-likeness (QED) is 0.741. The van der Waals surface area contributed by atoms with E-state index in [4.69, 9.17) is 33.8 Å². The normalized spacial score (nSPS) is 22.0. The molecule has 32 heavy (non-hydrogen) atoms. The van der Waals surface area contributed by atoms with Crippen molar-refractivity contribution >= 4 is 17.1 Å². The molecule has 0 fully saturated rings. The van der Waals surface area contributed by atoms with E-state index >= 15 is 0 Å². The van der Waals surface area contributed by atoms with Crippen molar-refractivity contribution < 1.29 is 9.47 Å². The second-order valence-corrected chi connectivity index (χ2v) is 7.24. The van der Waals surface area contributed by atoms with Crippen molar-refractivity contribution in [1.82, 2.24) is 0 Å². The van der Waals surface area contributed by atoms with Crippen LogP contribution in [0.25, 0.3) is 5.57 Å². The van der Waals surface area contributed by atoms with Crippen molar-refractivity contribution in [2.45, 2.75) is 11.9 Å². The summed E-state index contributed by atoms with van der Waals surface area (Å²) >= 11 is 0. The van der Waals surface area contributed by atoms with Crippen molar-refractivity contribution in [2.24, 2.45) is 21.5 Å². The molecule has 0 saturated heterocycles. The molecule has 2 aromatic rings. The molecule has 4 rings (SSSR count). The number of allylic oxidation sites excluding steroid dienone is 1. The molecule has 0 aromatic heterocycles. The number of benzene rings is 2. The summed E-state index contributed by atoms with van der Waals surface area (Å²) in [5, 5.41) is 0. The van der Waals surface area contributed by atoms with Gasteiger partial charge in [0.25, 0.3) is 0 Å². The van der Waals surface area contributed by atoms with Gasteiger partial charge in [0.1, 0.15) is 11.6 Å². The van der Waals surface area contributed by atoms with Crippen molar-refractivity contribution in [2.75, 3.05) is 14.2 Å². The predicted octanol–water partition coefficient (Wildman–Crippen LogP) is 2.54. The van der Waals surface area contributed by atoms with E-state index in [0.29, 0.717) is 33.7 Å². The smallest absolute Gasteiger partial charge is 0.194 e. The number of amidine groups is 1. The highest BCUT2D eigenvalue weighted by Crippen LogP contribution is 2.50. The van der Waals surface area contributed by atoms with E-state index in [-0.39, 0.29) is 5.84 Å². The van der Waals surface area contributed by atoms with Crippen LogP contribution in [0, 0.1) is 24.7 Å². The minimum Gasteiger partial charge on any atom is -0.497 e. The first-order valence-electron chi connectivity index (χ1n) is 9.86. The SMILES string of the molecule is C#Cc1cccc(C2=C3C(N)=NC(N)N=C3C=C(OC)C2(OC)c2cccc(C#C)c2)c1. The molecule has 0 spiro atoms. The number of hydrogen-bond acceptors (Lipinski definition) is 6. The van der Waals surface area contributed by atoms with Crippen LogP contribution >= 0.6 is 0 Å². The summed E-state index contributed by atoms with van der Waals surface area (Å²) in [5.41, 5.74) is 16.0. The van der Waals surface area contributed by atoms with Gasteiger partial charge in [0.15, 0.2) is 11.9 Å². The van der Waals surface area contributed by atoms with E-state index < -0.39 is 11.9 Å². The lowest BCUT2D eigenvalue weighted by molar-refractivity contribution is 0.0227. The molecule has 0 amide bonds. The maximum atomic E-state index is 6.41. The highest BCUT2D eigenvalue weighted by molar-refractivity contribution is 6.34. The number of methoxy groups -OCH3 is 2. The second kappa shape index (κ2) is 8.20. The first-order valence-corrected chi connectivity index (χ1v) is 9.86. The fourth-order valence-corrected chi connectivity index (χ4v) is 4.21. The van der Waals surface area contributed by atoms with Gasteiger partial charge in [0, 0.05) is 35.5 Å². The van der Waals surface area contributed by atoms with Crippen molar-refractivity contribution in [3.05, 3.63) is 88.2 Å². The molecule has 0 bridgehead atoms. The molecular formula is C26H22N4O2. The Morgan fingerprint density at radius 3 is 2.34 bits per heavy atom. The monoisotopic (exact) mass is 422 g/mol. The zero-order chi connectivity index (χ0) is 22.9. The van der Waals surface area contributed by atoms with Gasteiger partial charge in [0.05, 0.1) is 12.8 Å². The van der Waals surface area contributed by atoms with Crippen LogP contribution in [0.3, 0.4) is 0 Å². The Bertz CT molecular complexity index is 1300. The van der Waals surface area contributed by atoms with E-state index in [1.165, 1.54) is 0 Å². The van der Waals surface area contributed by atoms with Gasteiger partial charge in [-0.2, -0.15) is 0 Å². The number of rotatable bonds is 4. The van der Waals surface area contributed by atoms with E-state index in [1.54, 1.807) is 20.3 Å². The Morgan fingerprint density at radius 1 is 1.00 bits per heavy atom. The number of terminal acetylenes is 2. The van der Waals surface area contributed by atoms with Crippen LogP contribution in [0.15, 0.2) is 75.9 Å². The average Bonchev–Trinajstić information content (AvgIpc) is 2.82. The van der Waals surface area contributed by atoms with Gasteiger partial charge >= 0.3 is 0 Å². The predicted molar refractivity (Wildman–Crippen MR) is 126 cm³/mol. The zero-order valence-electron chi connectivity index (χ0n) is 17.8. The average molecular weight is 422 g/mol. The Kier molecular flexibility index (Phi) is 5.42. The second-order valence-electron chi connectivity index (χ2n) is 7.24. The first-order chi connectivity index (χ1) is 15.5. The van der Waals surface area contributed by atoms with Crippen LogP contribution in [0.5, 0.6) is 0 Å². The van der Waals surface area contributed by atoms with Crippen LogP contribution < -0.4 is 11.5 Å². The number of nitrogens with zero attached hydrogens (tertiary/aromatic N) is 2. The summed E-state index contributed by atoms with van der Waals surface area (Å²) in [6, 6.07) is 15.1. The number of fused-ring (bicyclic) bond motifs is 1. The Morgan fingerprint density at radius 2 is 1.69 bits per heavy atom. The van der Waals surface area contributed by atoms with Crippen LogP contribution in [0.1, 0.15) is 22.3 Å². The summed E-state index contributed by atoms with van der Waals surface area (Å²) in [6.07, 6.45) is 12.3. The Labute approximate surface area is 187 Å². The van der Waals surface area contributed by atoms with Crippen LogP contribution in [-0.2, 0) is 15.1 Å². The van der Waals surface area contributed by atoms with Crippen LogP contribution in [0.4, 0.5) is 0 Å². The molecule has 6 heteroatoms. The molecular weight excluding hydrogens is 400 g/mol. The lowest BCUT2D eigenvalue weighted by Gasteiger charge is -2.41. The van der Waals surface area contributed by atoms with Gasteiger partial charge in [-0.25, -0.2) is 9.98 Å². The van der Waals surface area contributed by atoms with E-state index in [9.17, 15) is 0 Å². The van der Waals surface area contributed by atoms with Gasteiger partial charge in [-0.3, -0.25) is 5.73 Å². The van der Waals surface area contributed by atoms with Gasteiger partial charge in [0.2, 0.25) is 0 Å². The van der Waals surface area contributed by atoms with Gasteiger partial charge < -0.3 is 15.2 Å². The summed E-state index contributed by atoms with van der Waals surface area (Å²) in [6.45, 7) is 0. The third-order valence-electron chi connectivity index (χ3n) is 5.55. The van der Waals surface area contributed by atoms with E-state index in [2.05, 4.69) is 21.8 Å². The summed E-state index contributed by atoms with van der Waals surface area (Å²) < 4.78 is 12.1. The van der Waals surface area contributed by atoms with Gasteiger partial charge in [-0.15, -0.1) is 12.8 Å². The molecule has 4 N–H and O–H groups in total. The number of ether oxygens (including phenoxy) is 2. The third kappa shape index (κ3) is 3.19. The standard InChI is InChI=1S/C26H22N4O2/c1-5-16-9-7-11-18(13-16)23-22-20(29-25(28)30-24(22)27)15-21(31-3)26(23,32-4)19-12-8-10-17(6-2)14-19/h1-2,7-15,25H,28H2,3-4H3,(H2,27,30). The molecule has 1 heterocycles. The molecule has 2 atom stereocenters. The maximum absolute atomic E-state index is 6.41. The Hall–Kier alpha value is -4.10. The lowest BCUT2D eigenvalue weighted by atomic mass is 9.72. The minimum atomic E-state index is -1.19. The summed E-state index contributed by atoms with van der Waals surface area (Å²) in [5.74, 6) is 6.11. The molecule has 2 aromatic carbocycles. The minimum absolute atomic E-state index is 0.254. The molecule has 158 valence electrons. The van der Waals surface area contributed by atoms with E-state index in [0.717, 1.165) is 11.1 Å². The topological polar surface area (TPSA) is 95.2 Å². The van der Waals surface area contributed by atoms with Crippen LogP contribution in [-0.4, -0.2) is 32.1 Å². The van der Waals surface area contributed by atoms with Crippen molar-refractivity contribution in [1.29, 1.82) is 0 Å². The van der Waals surface area contributed by atoms with Gasteiger partial charge in [-0.1, -0.05) is 36.1 Å². The largest absolute Gasteiger partial charge is 0.497 e. The number of nitrogens with two attached hydrogens (primary N) is 2. The molecule has 2 aliphatic rings. The highest BCUT2D eigenvalue weighted by atomic mass is 16.5. The zero-order valence-corrected chi connectivity index (χ0v) is 17.8. The fraction of sp³-hybridized carbons (Fsp3) is 0.154. The van der Waals surface area contributed by atoms with Gasteiger partial charge in [-0.05, 0) is 35.4 Å². The van der Waals surface area contributed by atoms with Crippen molar-refractivity contribution in [3.63, 3.8) is 0 Å². The van der Waals surface area contributed by atoms with Crippen molar-refractivity contribution in [3.8, 4) is 24.7 Å². The third-order valence-corrected chi connectivity index (χ3v) is 5.55. The maximum Gasteiger partial charge on any atom is 0.194 e. The highest BCUT2D eigenvalue weighted by Gasteiger charge is 2.48. The van der Waals surface area contributed by atoms with Crippen LogP contribution in [0.2, 0.25) is 0 Å². The molecule has 0 radical (unpaired) electrons. The molecule has 2 unspecified atom stereocenters.